The first-order valence-corrected chi connectivity index (χ1v) is 6.88. The largest absolute Gasteiger partial charge is 0.481 e. The summed E-state index contributed by atoms with van der Waals surface area (Å²) in [5, 5.41) is 12.0. The molecule has 5 heteroatoms. The maximum absolute atomic E-state index is 12.5. The van der Waals surface area contributed by atoms with Crippen molar-refractivity contribution >= 4 is 17.6 Å². The van der Waals surface area contributed by atoms with Crippen LogP contribution < -0.4 is 5.32 Å². The Bertz CT molecular complexity index is 526. The van der Waals surface area contributed by atoms with Crippen molar-refractivity contribution in [2.45, 2.75) is 32.7 Å². The molecule has 0 radical (unpaired) electrons. The highest BCUT2D eigenvalue weighted by Crippen LogP contribution is 2.24. The van der Waals surface area contributed by atoms with Crippen LogP contribution in [-0.4, -0.2) is 41.0 Å². The lowest BCUT2D eigenvalue weighted by atomic mass is 10.1. The number of fused-ring (bicyclic) bond motifs is 1. The lowest BCUT2D eigenvalue weighted by Gasteiger charge is -2.26. The fourth-order valence-corrected chi connectivity index (χ4v) is 2.41. The zero-order chi connectivity index (χ0) is 14.7. The van der Waals surface area contributed by atoms with E-state index in [1.165, 1.54) is 0 Å². The molecule has 0 bridgehead atoms. The first-order chi connectivity index (χ1) is 9.49. The molecule has 2 N–H and O–H groups in total. The van der Waals surface area contributed by atoms with E-state index >= 15 is 0 Å². The summed E-state index contributed by atoms with van der Waals surface area (Å²) in [4.78, 5) is 24.8. The second-order valence-corrected chi connectivity index (χ2v) is 5.28. The van der Waals surface area contributed by atoms with Gasteiger partial charge in [0.05, 0.1) is 6.42 Å². The lowest BCUT2D eigenvalue weighted by Crippen LogP contribution is -2.38. The Morgan fingerprint density at radius 3 is 2.80 bits per heavy atom. The van der Waals surface area contributed by atoms with E-state index in [9.17, 15) is 9.59 Å². The summed E-state index contributed by atoms with van der Waals surface area (Å²) in [7, 11) is 0. The second kappa shape index (κ2) is 5.94. The Kier molecular flexibility index (Phi) is 4.27. The molecule has 1 amide bonds. The predicted octanol–water partition coefficient (Wildman–Crippen LogP) is 1.98. The van der Waals surface area contributed by atoms with E-state index in [0.29, 0.717) is 5.56 Å². The molecule has 20 heavy (non-hydrogen) atoms. The fourth-order valence-electron chi connectivity index (χ4n) is 2.41. The molecule has 2 rings (SSSR count). The zero-order valence-corrected chi connectivity index (χ0v) is 11.8. The molecule has 0 aliphatic carbocycles. The summed E-state index contributed by atoms with van der Waals surface area (Å²) >= 11 is 0. The number of hydrogen-bond acceptors (Lipinski definition) is 3. The highest BCUT2D eigenvalue weighted by Gasteiger charge is 2.21. The van der Waals surface area contributed by atoms with Gasteiger partial charge >= 0.3 is 5.97 Å². The number of amides is 1. The van der Waals surface area contributed by atoms with E-state index in [-0.39, 0.29) is 24.9 Å². The van der Waals surface area contributed by atoms with Crippen molar-refractivity contribution in [3.05, 3.63) is 29.3 Å². The van der Waals surface area contributed by atoms with Gasteiger partial charge in [-0.15, -0.1) is 0 Å². The van der Waals surface area contributed by atoms with Crippen LogP contribution in [0.5, 0.6) is 0 Å². The lowest BCUT2D eigenvalue weighted by molar-refractivity contribution is -0.137. The third kappa shape index (κ3) is 3.10. The average molecular weight is 276 g/mol. The van der Waals surface area contributed by atoms with E-state index in [1.54, 1.807) is 11.0 Å². The summed E-state index contributed by atoms with van der Waals surface area (Å²) in [5.74, 6) is -0.988. The third-order valence-corrected chi connectivity index (χ3v) is 3.51. The van der Waals surface area contributed by atoms with Crippen LogP contribution in [0, 0.1) is 0 Å². The van der Waals surface area contributed by atoms with Crippen LogP contribution in [0.25, 0.3) is 0 Å². The molecule has 0 aromatic heterocycles. The number of carbonyl (C=O) groups excluding carboxylic acids is 1. The van der Waals surface area contributed by atoms with Crippen molar-refractivity contribution in [2.24, 2.45) is 0 Å². The molecular weight excluding hydrogens is 256 g/mol. The van der Waals surface area contributed by atoms with Gasteiger partial charge in [0, 0.05) is 30.4 Å². The molecular formula is C15H20N2O3. The molecule has 1 heterocycles. The van der Waals surface area contributed by atoms with Crippen LogP contribution in [0.2, 0.25) is 0 Å². The van der Waals surface area contributed by atoms with E-state index in [4.69, 9.17) is 5.11 Å². The van der Waals surface area contributed by atoms with Gasteiger partial charge < -0.3 is 15.3 Å². The summed E-state index contributed by atoms with van der Waals surface area (Å²) in [6.45, 7) is 4.93. The van der Waals surface area contributed by atoms with Crippen LogP contribution in [0.4, 0.5) is 5.69 Å². The second-order valence-electron chi connectivity index (χ2n) is 5.28. The number of carbonyl (C=O) groups is 2. The van der Waals surface area contributed by atoms with Crippen molar-refractivity contribution < 1.29 is 14.7 Å². The predicted molar refractivity (Wildman–Crippen MR) is 77.1 cm³/mol. The number of hydrogen-bond donors (Lipinski definition) is 2. The van der Waals surface area contributed by atoms with Crippen LogP contribution in [0.3, 0.4) is 0 Å². The van der Waals surface area contributed by atoms with Crippen LogP contribution >= 0.6 is 0 Å². The molecule has 1 aliphatic rings. The number of nitrogens with one attached hydrogen (secondary N) is 1. The van der Waals surface area contributed by atoms with E-state index in [0.717, 1.165) is 24.2 Å². The number of anilines is 1. The highest BCUT2D eigenvalue weighted by atomic mass is 16.4. The zero-order valence-electron chi connectivity index (χ0n) is 11.8. The number of aliphatic carboxylic acids is 1. The van der Waals surface area contributed by atoms with Gasteiger partial charge in [0.25, 0.3) is 5.91 Å². The maximum Gasteiger partial charge on any atom is 0.305 e. The van der Waals surface area contributed by atoms with Gasteiger partial charge in [-0.05, 0) is 44.0 Å². The number of benzene rings is 1. The number of rotatable bonds is 5. The minimum Gasteiger partial charge on any atom is -0.481 e. The normalized spacial score (nSPS) is 12.9. The number of nitrogens with zero attached hydrogens (tertiary/aromatic N) is 1. The Hall–Kier alpha value is -2.04. The number of carboxylic acids is 1. The van der Waals surface area contributed by atoms with Gasteiger partial charge in [-0.25, -0.2) is 0 Å². The van der Waals surface area contributed by atoms with Crippen LogP contribution in [0.1, 0.15) is 36.2 Å². The minimum atomic E-state index is -0.887. The Labute approximate surface area is 118 Å². The first kappa shape index (κ1) is 14.4. The SMILES string of the molecule is CC(C)N(CCC(=O)O)C(=O)c1ccc2c(c1)CCN2. The quantitative estimate of drug-likeness (QED) is 0.862. The molecule has 1 aromatic carbocycles. The molecule has 5 nitrogen and oxygen atoms in total. The molecule has 0 fully saturated rings. The van der Waals surface area contributed by atoms with Gasteiger partial charge in [-0.3, -0.25) is 9.59 Å². The molecule has 0 saturated heterocycles. The molecule has 0 spiro atoms. The molecule has 0 atom stereocenters. The summed E-state index contributed by atoms with van der Waals surface area (Å²) < 4.78 is 0. The van der Waals surface area contributed by atoms with Gasteiger partial charge in [0.15, 0.2) is 0 Å². The van der Waals surface area contributed by atoms with Crippen molar-refractivity contribution in [3.8, 4) is 0 Å². The molecule has 1 aromatic rings. The fraction of sp³-hybridized carbons (Fsp3) is 0.467. The van der Waals surface area contributed by atoms with Gasteiger partial charge in [-0.1, -0.05) is 0 Å². The Balaban J connectivity index is 2.16. The van der Waals surface area contributed by atoms with Gasteiger partial charge in [0.1, 0.15) is 0 Å². The minimum absolute atomic E-state index is 0.0202. The molecule has 0 unspecified atom stereocenters. The van der Waals surface area contributed by atoms with Crippen molar-refractivity contribution in [1.82, 2.24) is 4.90 Å². The van der Waals surface area contributed by atoms with Gasteiger partial charge in [-0.2, -0.15) is 0 Å². The Morgan fingerprint density at radius 2 is 2.15 bits per heavy atom. The molecule has 0 saturated carbocycles. The Morgan fingerprint density at radius 1 is 1.40 bits per heavy atom. The average Bonchev–Trinajstić information content (AvgIpc) is 2.84. The maximum atomic E-state index is 12.5. The summed E-state index contributed by atoms with van der Waals surface area (Å²) in [6, 6.07) is 5.61. The van der Waals surface area contributed by atoms with Crippen molar-refractivity contribution in [1.29, 1.82) is 0 Å². The monoisotopic (exact) mass is 276 g/mol. The number of carboxylic acid groups (broad SMARTS) is 1. The van der Waals surface area contributed by atoms with E-state index in [1.807, 2.05) is 26.0 Å². The topological polar surface area (TPSA) is 69.6 Å². The highest BCUT2D eigenvalue weighted by molar-refractivity contribution is 5.95. The standard InChI is InChI=1S/C15H20N2O3/c1-10(2)17(8-6-14(18)19)15(20)12-3-4-13-11(9-12)5-7-16-13/h3-4,9-10,16H,5-8H2,1-2H3,(H,18,19). The third-order valence-electron chi connectivity index (χ3n) is 3.51. The van der Waals surface area contributed by atoms with Crippen molar-refractivity contribution in [3.63, 3.8) is 0 Å². The molecule has 108 valence electrons. The first-order valence-electron chi connectivity index (χ1n) is 6.88. The van der Waals surface area contributed by atoms with Crippen LogP contribution in [0.15, 0.2) is 18.2 Å². The summed E-state index contributed by atoms with van der Waals surface area (Å²) in [5.41, 5.74) is 2.87. The van der Waals surface area contributed by atoms with Crippen LogP contribution in [-0.2, 0) is 11.2 Å². The molecule has 1 aliphatic heterocycles. The van der Waals surface area contributed by atoms with E-state index in [2.05, 4.69) is 5.32 Å². The van der Waals surface area contributed by atoms with Gasteiger partial charge in [0.2, 0.25) is 0 Å². The smallest absolute Gasteiger partial charge is 0.305 e. The van der Waals surface area contributed by atoms with E-state index < -0.39 is 5.97 Å². The summed E-state index contributed by atoms with van der Waals surface area (Å²) in [6.07, 6.45) is 0.893. The van der Waals surface area contributed by atoms with Crippen molar-refractivity contribution in [2.75, 3.05) is 18.4 Å².